The molecule has 0 saturated carbocycles. The van der Waals surface area contributed by atoms with E-state index in [0.717, 1.165) is 5.21 Å². The molecule has 2 heteroatoms. The summed E-state index contributed by atoms with van der Waals surface area (Å²) in [5.74, 6) is 0. The quantitative estimate of drug-likeness (QED) is 0.697. The van der Waals surface area contributed by atoms with E-state index < -0.39 is 11.5 Å². The van der Waals surface area contributed by atoms with Gasteiger partial charge in [-0.25, -0.2) is 0 Å². The molecule has 0 aromatic heterocycles. The van der Waals surface area contributed by atoms with Gasteiger partial charge in [0.25, 0.3) is 0 Å². The molecule has 68 valence electrons. The van der Waals surface area contributed by atoms with Crippen molar-refractivity contribution in [3.05, 3.63) is 35.9 Å². The molecule has 1 aromatic carbocycles. The van der Waals surface area contributed by atoms with Gasteiger partial charge < -0.3 is 0 Å². The summed E-state index contributed by atoms with van der Waals surface area (Å²) >= 11 is -2.39. The first-order chi connectivity index (χ1) is 5.33. The third kappa shape index (κ3) is 4.18. The molecule has 1 aromatic rings. The molecule has 0 unspecified atom stereocenters. The molecule has 0 atom stereocenters. The van der Waals surface area contributed by atoms with Gasteiger partial charge in [-0.1, -0.05) is 0 Å². The minimum atomic E-state index is -2.39. The molecule has 0 aliphatic rings. The van der Waals surface area contributed by atoms with Crippen LogP contribution in [0.15, 0.2) is 30.3 Å². The molecule has 0 nitrogen and oxygen atoms in total. The molecule has 0 spiro atoms. The summed E-state index contributed by atoms with van der Waals surface area (Å²) in [6, 6.07) is 10.5. The van der Waals surface area contributed by atoms with Crippen LogP contribution >= 0.6 is 9.95 Å². The first-order valence-electron chi connectivity index (χ1n) is 4.09. The van der Waals surface area contributed by atoms with Crippen molar-refractivity contribution in [2.45, 2.75) is 22.3 Å². The van der Waals surface area contributed by atoms with Crippen molar-refractivity contribution in [1.82, 2.24) is 0 Å². The van der Waals surface area contributed by atoms with Crippen molar-refractivity contribution >= 4 is 21.5 Å². The first kappa shape index (κ1) is 10.2. The Balaban J connectivity index is 2.79. The number of hydrogen-bond donors (Lipinski definition) is 0. The van der Waals surface area contributed by atoms with Gasteiger partial charge in [0.15, 0.2) is 0 Å². The maximum atomic E-state index is 6.50. The van der Waals surface area contributed by atoms with Crippen LogP contribution in [-0.2, 0) is 5.21 Å². The molecule has 0 aliphatic carbocycles. The van der Waals surface area contributed by atoms with Crippen molar-refractivity contribution in [2.75, 3.05) is 0 Å². The third-order valence-corrected chi connectivity index (χ3v) is 5.19. The van der Waals surface area contributed by atoms with E-state index in [0.29, 0.717) is 0 Å². The van der Waals surface area contributed by atoms with E-state index in [-0.39, 0.29) is 0 Å². The second-order valence-electron chi connectivity index (χ2n) is 4.56. The fourth-order valence-corrected chi connectivity index (χ4v) is 4.95. The van der Waals surface area contributed by atoms with Gasteiger partial charge in [0, 0.05) is 0 Å². The molecule has 0 radical (unpaired) electrons. The zero-order chi connectivity index (χ0) is 9.27. The summed E-state index contributed by atoms with van der Waals surface area (Å²) in [4.78, 5) is 0. The standard InChI is InChI=1S/C10H16AsCl/c1-11(2,3,12)9-10-7-5-4-6-8-10/h4-8H,9H2,1-3H3. The van der Waals surface area contributed by atoms with E-state index in [1.807, 2.05) is 6.07 Å². The van der Waals surface area contributed by atoms with Gasteiger partial charge in [-0.2, -0.15) is 0 Å². The maximum absolute atomic E-state index is 6.50. The Morgan fingerprint density at radius 3 is 2.00 bits per heavy atom. The minimum absolute atomic E-state index is 1.07. The SMILES string of the molecule is C[As](C)(C)(Cl)Cc1ccccc1. The third-order valence-electron chi connectivity index (χ3n) is 1.56. The molecule has 0 N–H and O–H groups in total. The molecule has 0 amide bonds. The topological polar surface area (TPSA) is 0 Å². The van der Waals surface area contributed by atoms with Gasteiger partial charge in [-0.15, -0.1) is 0 Å². The van der Waals surface area contributed by atoms with Crippen LogP contribution < -0.4 is 0 Å². The van der Waals surface area contributed by atoms with Crippen LogP contribution in [0, 0.1) is 0 Å². The van der Waals surface area contributed by atoms with E-state index in [9.17, 15) is 0 Å². The predicted molar refractivity (Wildman–Crippen MR) is 59.3 cm³/mol. The van der Waals surface area contributed by atoms with E-state index in [1.54, 1.807) is 0 Å². The van der Waals surface area contributed by atoms with E-state index in [1.165, 1.54) is 5.56 Å². The number of rotatable bonds is 2. The van der Waals surface area contributed by atoms with Crippen LogP contribution in [0.5, 0.6) is 0 Å². The molecule has 0 bridgehead atoms. The fourth-order valence-electron chi connectivity index (χ4n) is 1.20. The average molecular weight is 247 g/mol. The molecular formula is C10H16AsCl. The summed E-state index contributed by atoms with van der Waals surface area (Å²) in [5.41, 5.74) is 8.05. The fraction of sp³-hybridized carbons (Fsp3) is 0.400. The molecule has 0 aliphatic heterocycles. The van der Waals surface area contributed by atoms with Crippen LogP contribution in [-0.4, -0.2) is 11.5 Å². The van der Waals surface area contributed by atoms with Crippen molar-refractivity contribution in [1.29, 1.82) is 0 Å². The van der Waals surface area contributed by atoms with Gasteiger partial charge in [-0.3, -0.25) is 0 Å². The number of halogens is 1. The molecule has 1 rings (SSSR count). The Bertz CT molecular complexity index is 249. The van der Waals surface area contributed by atoms with E-state index in [2.05, 4.69) is 41.4 Å². The Hall–Kier alpha value is 0.0684. The normalized spacial score (nSPS) is 15.2. The monoisotopic (exact) mass is 246 g/mol. The van der Waals surface area contributed by atoms with Crippen molar-refractivity contribution in [3.63, 3.8) is 0 Å². The molecular weight excluding hydrogens is 230 g/mol. The predicted octanol–water partition coefficient (Wildman–Crippen LogP) is 3.80. The molecule has 0 saturated heterocycles. The summed E-state index contributed by atoms with van der Waals surface area (Å²) in [6.45, 7) is 0. The second-order valence-corrected chi connectivity index (χ2v) is 24.0. The van der Waals surface area contributed by atoms with Crippen LogP contribution in [0.25, 0.3) is 0 Å². The van der Waals surface area contributed by atoms with Crippen LogP contribution in [0.4, 0.5) is 0 Å². The van der Waals surface area contributed by atoms with Gasteiger partial charge >= 0.3 is 79.7 Å². The van der Waals surface area contributed by atoms with Crippen molar-refractivity contribution in [2.24, 2.45) is 0 Å². The Kier molecular flexibility index (Phi) is 2.61. The zero-order valence-corrected chi connectivity index (χ0v) is 10.6. The van der Waals surface area contributed by atoms with Gasteiger partial charge in [0.1, 0.15) is 0 Å². The van der Waals surface area contributed by atoms with E-state index >= 15 is 0 Å². The molecule has 0 heterocycles. The van der Waals surface area contributed by atoms with Crippen LogP contribution in [0.3, 0.4) is 0 Å². The summed E-state index contributed by atoms with van der Waals surface area (Å²) < 4.78 is 0. The first-order valence-corrected chi connectivity index (χ1v) is 13.5. The molecule has 0 fully saturated rings. The number of benzene rings is 1. The molecule has 12 heavy (non-hydrogen) atoms. The van der Waals surface area contributed by atoms with Crippen molar-refractivity contribution in [3.8, 4) is 0 Å². The summed E-state index contributed by atoms with van der Waals surface area (Å²) in [7, 11) is 6.50. The van der Waals surface area contributed by atoms with Crippen molar-refractivity contribution < 1.29 is 0 Å². The zero-order valence-electron chi connectivity index (χ0n) is 7.92. The Morgan fingerprint density at radius 2 is 1.58 bits per heavy atom. The number of hydrogen-bond acceptors (Lipinski definition) is 0. The van der Waals surface area contributed by atoms with E-state index in [4.69, 9.17) is 9.95 Å². The summed E-state index contributed by atoms with van der Waals surface area (Å²) in [5, 5.41) is 1.07. The second kappa shape index (κ2) is 3.09. The average Bonchev–Trinajstić information content (AvgIpc) is 1.83. The summed E-state index contributed by atoms with van der Waals surface area (Å²) in [6.07, 6.45) is 0. The van der Waals surface area contributed by atoms with Crippen LogP contribution in [0.2, 0.25) is 17.1 Å². The van der Waals surface area contributed by atoms with Gasteiger partial charge in [-0.05, 0) is 0 Å². The van der Waals surface area contributed by atoms with Gasteiger partial charge in [0.2, 0.25) is 0 Å². The Morgan fingerprint density at radius 1 is 1.08 bits per heavy atom. The van der Waals surface area contributed by atoms with Gasteiger partial charge in [0.05, 0.1) is 0 Å². The Labute approximate surface area is 79.7 Å². The van der Waals surface area contributed by atoms with Crippen LogP contribution in [0.1, 0.15) is 5.56 Å².